The van der Waals surface area contributed by atoms with Crippen LogP contribution < -0.4 is 10.0 Å². The van der Waals surface area contributed by atoms with Crippen LogP contribution >= 0.6 is 15.9 Å². The first-order valence-electron chi connectivity index (χ1n) is 8.69. The standard InChI is InChI=1S/C19H20BrN3O4S/c1-28(26,27)22-16-6-3-2-5-15(16)19(25)23-12-4-7-17(23)18(24)21-14-10-8-13(20)9-11-14/h2-3,5-6,8-11,17,22H,4,7,12H2,1H3,(H,21,24)/t17-/m0/s1. The summed E-state index contributed by atoms with van der Waals surface area (Å²) in [6.45, 7) is 0.435. The lowest BCUT2D eigenvalue weighted by Crippen LogP contribution is -2.43. The van der Waals surface area contributed by atoms with Crippen molar-refractivity contribution < 1.29 is 18.0 Å². The number of hydrogen-bond donors (Lipinski definition) is 2. The Morgan fingerprint density at radius 1 is 1.11 bits per heavy atom. The van der Waals surface area contributed by atoms with Crippen LogP contribution in [0.25, 0.3) is 0 Å². The minimum atomic E-state index is -3.53. The summed E-state index contributed by atoms with van der Waals surface area (Å²) in [7, 11) is -3.53. The van der Waals surface area contributed by atoms with Gasteiger partial charge in [-0.05, 0) is 49.2 Å². The number of halogens is 1. The Morgan fingerprint density at radius 3 is 2.46 bits per heavy atom. The molecule has 1 aliphatic heterocycles. The van der Waals surface area contributed by atoms with E-state index in [0.29, 0.717) is 25.1 Å². The first kappa shape index (κ1) is 20.3. The molecule has 9 heteroatoms. The van der Waals surface area contributed by atoms with Crippen LogP contribution in [0.5, 0.6) is 0 Å². The summed E-state index contributed by atoms with van der Waals surface area (Å²) in [5.41, 5.74) is 1.07. The second-order valence-corrected chi connectivity index (χ2v) is 9.24. The van der Waals surface area contributed by atoms with Crippen LogP contribution in [0.3, 0.4) is 0 Å². The molecule has 1 saturated heterocycles. The van der Waals surface area contributed by atoms with Crippen molar-refractivity contribution in [3.8, 4) is 0 Å². The Bertz CT molecular complexity index is 992. The number of carbonyl (C=O) groups excluding carboxylic acids is 2. The first-order chi connectivity index (χ1) is 13.2. The molecular weight excluding hydrogens is 446 g/mol. The minimum absolute atomic E-state index is 0.203. The van der Waals surface area contributed by atoms with Crippen LogP contribution in [0.4, 0.5) is 11.4 Å². The number of sulfonamides is 1. The van der Waals surface area contributed by atoms with E-state index in [-0.39, 0.29) is 23.1 Å². The summed E-state index contributed by atoms with van der Waals surface area (Å²) in [5.74, 6) is -0.637. The molecule has 0 saturated carbocycles. The van der Waals surface area contributed by atoms with Crippen molar-refractivity contribution in [3.05, 3.63) is 58.6 Å². The summed E-state index contributed by atoms with van der Waals surface area (Å²) in [5, 5.41) is 2.84. The molecule has 3 rings (SSSR count). The summed E-state index contributed by atoms with van der Waals surface area (Å²) in [6, 6.07) is 13.0. The van der Waals surface area contributed by atoms with Crippen molar-refractivity contribution in [2.75, 3.05) is 22.8 Å². The number of likely N-dealkylation sites (tertiary alicyclic amines) is 1. The number of amides is 2. The smallest absolute Gasteiger partial charge is 0.256 e. The summed E-state index contributed by atoms with van der Waals surface area (Å²) >= 11 is 3.35. The number of benzene rings is 2. The van der Waals surface area contributed by atoms with Gasteiger partial charge in [0.15, 0.2) is 0 Å². The van der Waals surface area contributed by atoms with Crippen LogP contribution in [0.1, 0.15) is 23.2 Å². The Labute approximate surface area is 172 Å². The van der Waals surface area contributed by atoms with Crippen molar-refractivity contribution >= 4 is 49.1 Å². The third-order valence-electron chi connectivity index (χ3n) is 4.38. The van der Waals surface area contributed by atoms with Gasteiger partial charge in [-0.15, -0.1) is 0 Å². The van der Waals surface area contributed by atoms with Gasteiger partial charge in [-0.2, -0.15) is 0 Å². The molecule has 1 fully saturated rings. The van der Waals surface area contributed by atoms with Gasteiger partial charge in [0.05, 0.1) is 17.5 Å². The molecule has 0 unspecified atom stereocenters. The van der Waals surface area contributed by atoms with Crippen LogP contribution in [0.2, 0.25) is 0 Å². The van der Waals surface area contributed by atoms with E-state index in [2.05, 4.69) is 26.0 Å². The highest BCUT2D eigenvalue weighted by atomic mass is 79.9. The fourth-order valence-corrected chi connectivity index (χ4v) is 4.00. The molecule has 0 radical (unpaired) electrons. The van der Waals surface area contributed by atoms with Crippen molar-refractivity contribution in [2.45, 2.75) is 18.9 Å². The Kier molecular flexibility index (Phi) is 6.04. The van der Waals surface area contributed by atoms with Gasteiger partial charge in [0.1, 0.15) is 6.04 Å². The van der Waals surface area contributed by atoms with Gasteiger partial charge in [-0.1, -0.05) is 28.1 Å². The number of carbonyl (C=O) groups is 2. The fraction of sp³-hybridized carbons (Fsp3) is 0.263. The Hall–Kier alpha value is -2.39. The summed E-state index contributed by atoms with van der Waals surface area (Å²) in [4.78, 5) is 27.3. The summed E-state index contributed by atoms with van der Waals surface area (Å²) < 4.78 is 26.5. The molecule has 148 valence electrons. The highest BCUT2D eigenvalue weighted by molar-refractivity contribution is 9.10. The van der Waals surface area contributed by atoms with E-state index in [9.17, 15) is 18.0 Å². The zero-order valence-corrected chi connectivity index (χ0v) is 17.6. The molecule has 1 aliphatic rings. The van der Waals surface area contributed by atoms with Gasteiger partial charge in [-0.3, -0.25) is 14.3 Å². The minimum Gasteiger partial charge on any atom is -0.327 e. The third-order valence-corrected chi connectivity index (χ3v) is 5.50. The lowest BCUT2D eigenvalue weighted by molar-refractivity contribution is -0.119. The van der Waals surface area contributed by atoms with E-state index in [1.807, 2.05) is 12.1 Å². The Balaban J connectivity index is 1.80. The van der Waals surface area contributed by atoms with Crippen molar-refractivity contribution in [1.29, 1.82) is 0 Å². The lowest BCUT2D eigenvalue weighted by atomic mass is 10.1. The average molecular weight is 466 g/mol. The predicted octanol–water partition coefficient (Wildman–Crippen LogP) is 3.06. The number of para-hydroxylation sites is 1. The van der Waals surface area contributed by atoms with Gasteiger partial charge in [0, 0.05) is 16.7 Å². The molecule has 0 aliphatic carbocycles. The number of rotatable bonds is 5. The predicted molar refractivity (Wildman–Crippen MR) is 112 cm³/mol. The highest BCUT2D eigenvalue weighted by Gasteiger charge is 2.35. The molecular formula is C19H20BrN3O4S. The van der Waals surface area contributed by atoms with Gasteiger partial charge < -0.3 is 10.2 Å². The number of hydrogen-bond acceptors (Lipinski definition) is 4. The van der Waals surface area contributed by atoms with Crippen molar-refractivity contribution in [1.82, 2.24) is 4.90 Å². The van der Waals surface area contributed by atoms with E-state index < -0.39 is 16.1 Å². The quantitative estimate of drug-likeness (QED) is 0.708. The van der Waals surface area contributed by atoms with Gasteiger partial charge in [0.2, 0.25) is 15.9 Å². The molecule has 0 bridgehead atoms. The van der Waals surface area contributed by atoms with E-state index >= 15 is 0 Å². The third kappa shape index (κ3) is 4.90. The monoisotopic (exact) mass is 465 g/mol. The topological polar surface area (TPSA) is 95.6 Å². The van der Waals surface area contributed by atoms with Crippen LogP contribution in [-0.4, -0.2) is 44.0 Å². The molecule has 1 heterocycles. The molecule has 7 nitrogen and oxygen atoms in total. The maximum atomic E-state index is 13.1. The van der Waals surface area contributed by atoms with Gasteiger partial charge >= 0.3 is 0 Å². The Morgan fingerprint density at radius 2 is 1.79 bits per heavy atom. The fourth-order valence-electron chi connectivity index (χ4n) is 3.15. The van der Waals surface area contributed by atoms with Crippen molar-refractivity contribution in [2.24, 2.45) is 0 Å². The molecule has 1 atom stereocenters. The molecule has 2 N–H and O–H groups in total. The van der Waals surface area contributed by atoms with E-state index in [4.69, 9.17) is 0 Å². The maximum Gasteiger partial charge on any atom is 0.256 e. The summed E-state index contributed by atoms with van der Waals surface area (Å²) in [6.07, 6.45) is 2.28. The van der Waals surface area contributed by atoms with Crippen molar-refractivity contribution in [3.63, 3.8) is 0 Å². The number of nitrogens with zero attached hydrogens (tertiary/aromatic N) is 1. The highest BCUT2D eigenvalue weighted by Crippen LogP contribution is 2.25. The number of nitrogens with one attached hydrogen (secondary N) is 2. The second kappa shape index (κ2) is 8.32. The zero-order chi connectivity index (χ0) is 20.3. The number of anilines is 2. The normalized spacial score (nSPS) is 16.6. The molecule has 2 amide bonds. The van der Waals surface area contributed by atoms with Gasteiger partial charge in [-0.25, -0.2) is 8.42 Å². The van der Waals surface area contributed by atoms with E-state index in [1.54, 1.807) is 30.3 Å². The second-order valence-electron chi connectivity index (χ2n) is 6.57. The molecule has 0 spiro atoms. The van der Waals surface area contributed by atoms with E-state index in [0.717, 1.165) is 10.7 Å². The lowest BCUT2D eigenvalue weighted by Gasteiger charge is -2.25. The van der Waals surface area contributed by atoms with Gasteiger partial charge in [0.25, 0.3) is 5.91 Å². The molecule has 2 aromatic carbocycles. The van der Waals surface area contributed by atoms with Crippen LogP contribution in [-0.2, 0) is 14.8 Å². The average Bonchev–Trinajstić information content (AvgIpc) is 3.12. The van der Waals surface area contributed by atoms with Crippen LogP contribution in [0.15, 0.2) is 53.0 Å². The first-order valence-corrected chi connectivity index (χ1v) is 11.4. The molecule has 28 heavy (non-hydrogen) atoms. The largest absolute Gasteiger partial charge is 0.327 e. The molecule has 0 aromatic heterocycles. The van der Waals surface area contributed by atoms with E-state index in [1.165, 1.54) is 11.0 Å². The van der Waals surface area contributed by atoms with Crippen LogP contribution in [0, 0.1) is 0 Å². The SMILES string of the molecule is CS(=O)(=O)Nc1ccccc1C(=O)N1CCC[C@H]1C(=O)Nc1ccc(Br)cc1. The maximum absolute atomic E-state index is 13.1. The molecule has 2 aromatic rings. The zero-order valence-electron chi connectivity index (χ0n) is 15.2.